The van der Waals surface area contributed by atoms with E-state index in [0.29, 0.717) is 6.42 Å². The van der Waals surface area contributed by atoms with E-state index >= 15 is 0 Å². The van der Waals surface area contributed by atoms with Gasteiger partial charge in [-0.15, -0.1) is 0 Å². The second-order valence-electron chi connectivity index (χ2n) is 5.37. The lowest BCUT2D eigenvalue weighted by atomic mass is 9.85. The van der Waals surface area contributed by atoms with Crippen molar-refractivity contribution >= 4 is 11.5 Å². The summed E-state index contributed by atoms with van der Waals surface area (Å²) in [4.78, 5) is 10.8. The van der Waals surface area contributed by atoms with Crippen molar-refractivity contribution in [1.82, 2.24) is 0 Å². The van der Waals surface area contributed by atoms with Gasteiger partial charge in [0.15, 0.2) is 0 Å². The van der Waals surface area contributed by atoms with Crippen molar-refractivity contribution in [2.24, 2.45) is 5.41 Å². The molecule has 0 heterocycles. The Labute approximate surface area is 105 Å². The van der Waals surface area contributed by atoms with E-state index in [1.54, 1.807) is 0 Å². The Bertz CT molecular complexity index is 485. The second-order valence-corrected chi connectivity index (χ2v) is 5.37. The quantitative estimate of drug-likeness (QED) is 0.831. The maximum absolute atomic E-state index is 13.6. The van der Waals surface area contributed by atoms with Gasteiger partial charge in [0, 0.05) is 11.6 Å². The predicted octanol–water partition coefficient (Wildman–Crippen LogP) is 3.87. The Kier molecular flexibility index (Phi) is 4.22. The first-order valence-electron chi connectivity index (χ1n) is 5.58. The smallest absolute Gasteiger partial charge is 0.328 e. The summed E-state index contributed by atoms with van der Waals surface area (Å²) in [6.45, 7) is 5.71. The van der Waals surface area contributed by atoms with Gasteiger partial charge in [0.2, 0.25) is 0 Å². The number of rotatable bonds is 3. The molecule has 1 rings (SSSR count). The molecule has 4 heteroatoms. The van der Waals surface area contributed by atoms with Crippen LogP contribution in [0.15, 0.2) is 24.3 Å². The van der Waals surface area contributed by atoms with Gasteiger partial charge in [-0.3, -0.25) is 0 Å². The van der Waals surface area contributed by atoms with Crippen LogP contribution in [0.25, 0.3) is 5.57 Å². The topological polar surface area (TPSA) is 37.3 Å². The van der Waals surface area contributed by atoms with Crippen LogP contribution in [0.3, 0.4) is 0 Å². The van der Waals surface area contributed by atoms with Crippen molar-refractivity contribution in [3.05, 3.63) is 41.5 Å². The standard InChI is InChI=1S/C14H16F2O2/c1-14(2,3)8-9(6-13(17)18)11-7-10(15)4-5-12(11)16/h4-7H,8H2,1-3H3,(H,17,18)/b9-6-. The van der Waals surface area contributed by atoms with Crippen molar-refractivity contribution in [3.63, 3.8) is 0 Å². The molecule has 0 aliphatic rings. The summed E-state index contributed by atoms with van der Waals surface area (Å²) in [5, 5.41) is 8.81. The van der Waals surface area contributed by atoms with Crippen LogP contribution < -0.4 is 0 Å². The van der Waals surface area contributed by atoms with E-state index < -0.39 is 17.6 Å². The third-order valence-electron chi connectivity index (χ3n) is 2.29. The zero-order chi connectivity index (χ0) is 13.9. The number of carboxylic acids is 1. The van der Waals surface area contributed by atoms with Crippen molar-refractivity contribution in [3.8, 4) is 0 Å². The normalized spacial score (nSPS) is 12.6. The lowest BCUT2D eigenvalue weighted by Crippen LogP contribution is -2.08. The van der Waals surface area contributed by atoms with Crippen LogP contribution >= 0.6 is 0 Å². The minimum atomic E-state index is -1.17. The Balaban J connectivity index is 3.26. The third kappa shape index (κ3) is 4.28. The Morgan fingerprint density at radius 2 is 1.94 bits per heavy atom. The monoisotopic (exact) mass is 254 g/mol. The molecule has 0 amide bonds. The van der Waals surface area contributed by atoms with Gasteiger partial charge in [0.1, 0.15) is 11.6 Å². The molecule has 0 saturated carbocycles. The van der Waals surface area contributed by atoms with Gasteiger partial charge < -0.3 is 5.11 Å². The van der Waals surface area contributed by atoms with Crippen LogP contribution in [0, 0.1) is 17.0 Å². The summed E-state index contributed by atoms with van der Waals surface area (Å²) in [5.74, 6) is -2.37. The summed E-state index contributed by atoms with van der Waals surface area (Å²) in [6, 6.07) is 3.03. The SMILES string of the molecule is CC(C)(C)C/C(=C/C(=O)O)c1cc(F)ccc1F. The molecule has 1 N–H and O–H groups in total. The Morgan fingerprint density at radius 1 is 1.33 bits per heavy atom. The highest BCUT2D eigenvalue weighted by Crippen LogP contribution is 2.31. The molecule has 0 aromatic heterocycles. The minimum absolute atomic E-state index is 0.00678. The van der Waals surface area contributed by atoms with Crippen LogP contribution in [0.2, 0.25) is 0 Å². The molecule has 0 aliphatic carbocycles. The molecule has 2 nitrogen and oxygen atoms in total. The molecule has 0 saturated heterocycles. The highest BCUT2D eigenvalue weighted by atomic mass is 19.1. The fraction of sp³-hybridized carbons (Fsp3) is 0.357. The maximum Gasteiger partial charge on any atom is 0.328 e. The number of carbonyl (C=O) groups is 1. The van der Waals surface area contributed by atoms with Gasteiger partial charge in [-0.2, -0.15) is 0 Å². The first-order valence-corrected chi connectivity index (χ1v) is 5.58. The van der Waals surface area contributed by atoms with E-state index in [9.17, 15) is 13.6 Å². The Hall–Kier alpha value is -1.71. The molecule has 0 bridgehead atoms. The lowest BCUT2D eigenvalue weighted by molar-refractivity contribution is -0.131. The van der Waals surface area contributed by atoms with Gasteiger partial charge in [-0.1, -0.05) is 20.8 Å². The largest absolute Gasteiger partial charge is 0.478 e. The molecule has 0 unspecified atom stereocenters. The van der Waals surface area contributed by atoms with E-state index in [4.69, 9.17) is 5.11 Å². The van der Waals surface area contributed by atoms with Crippen LogP contribution in [0.1, 0.15) is 32.8 Å². The fourth-order valence-corrected chi connectivity index (χ4v) is 1.69. The van der Waals surface area contributed by atoms with E-state index in [-0.39, 0.29) is 16.6 Å². The maximum atomic E-state index is 13.6. The van der Waals surface area contributed by atoms with E-state index in [0.717, 1.165) is 24.3 Å². The number of halogens is 2. The second kappa shape index (κ2) is 5.29. The summed E-state index contributed by atoms with van der Waals surface area (Å²) in [7, 11) is 0. The lowest BCUT2D eigenvalue weighted by Gasteiger charge is -2.20. The van der Waals surface area contributed by atoms with Gasteiger partial charge in [-0.05, 0) is 35.6 Å². The molecule has 0 radical (unpaired) electrons. The zero-order valence-corrected chi connectivity index (χ0v) is 10.6. The summed E-state index contributed by atoms with van der Waals surface area (Å²) >= 11 is 0. The molecular formula is C14H16F2O2. The molecule has 98 valence electrons. The van der Waals surface area contributed by atoms with Gasteiger partial charge in [0.25, 0.3) is 0 Å². The molecule has 0 aliphatic heterocycles. The first-order chi connectivity index (χ1) is 8.19. The number of benzene rings is 1. The molecule has 0 atom stereocenters. The molecule has 0 fully saturated rings. The fourth-order valence-electron chi connectivity index (χ4n) is 1.69. The number of aliphatic carboxylic acids is 1. The third-order valence-corrected chi connectivity index (χ3v) is 2.29. The van der Waals surface area contributed by atoms with E-state index in [1.165, 1.54) is 0 Å². The van der Waals surface area contributed by atoms with Gasteiger partial charge in [0.05, 0.1) is 0 Å². The molecular weight excluding hydrogens is 238 g/mol. The van der Waals surface area contributed by atoms with Crippen molar-refractivity contribution in [2.45, 2.75) is 27.2 Å². The highest BCUT2D eigenvalue weighted by Gasteiger charge is 2.18. The number of hydrogen-bond donors (Lipinski definition) is 1. The number of allylic oxidation sites excluding steroid dienone is 1. The van der Waals surface area contributed by atoms with Crippen molar-refractivity contribution in [2.75, 3.05) is 0 Å². The molecule has 1 aromatic carbocycles. The van der Waals surface area contributed by atoms with E-state index in [1.807, 2.05) is 20.8 Å². The first kappa shape index (κ1) is 14.4. The molecule has 18 heavy (non-hydrogen) atoms. The molecule has 1 aromatic rings. The number of carboxylic acid groups (broad SMARTS) is 1. The van der Waals surface area contributed by atoms with Gasteiger partial charge in [-0.25, -0.2) is 13.6 Å². The minimum Gasteiger partial charge on any atom is -0.478 e. The van der Waals surface area contributed by atoms with Crippen molar-refractivity contribution in [1.29, 1.82) is 0 Å². The zero-order valence-electron chi connectivity index (χ0n) is 10.6. The van der Waals surface area contributed by atoms with Crippen LogP contribution in [-0.4, -0.2) is 11.1 Å². The van der Waals surface area contributed by atoms with Gasteiger partial charge >= 0.3 is 5.97 Å². The highest BCUT2D eigenvalue weighted by molar-refractivity contribution is 5.90. The van der Waals surface area contributed by atoms with Crippen molar-refractivity contribution < 1.29 is 18.7 Å². The summed E-state index contributed by atoms with van der Waals surface area (Å²) in [6.07, 6.45) is 1.28. The van der Waals surface area contributed by atoms with Crippen LogP contribution in [0.4, 0.5) is 8.78 Å². The summed E-state index contributed by atoms with van der Waals surface area (Å²) < 4.78 is 26.8. The molecule has 0 spiro atoms. The average Bonchev–Trinajstić information content (AvgIpc) is 2.18. The van der Waals surface area contributed by atoms with Crippen LogP contribution in [-0.2, 0) is 4.79 Å². The van der Waals surface area contributed by atoms with Crippen LogP contribution in [0.5, 0.6) is 0 Å². The number of hydrogen-bond acceptors (Lipinski definition) is 1. The summed E-state index contributed by atoms with van der Waals surface area (Å²) in [5.41, 5.74) is 0.0689. The predicted molar refractivity (Wildman–Crippen MR) is 66.0 cm³/mol. The average molecular weight is 254 g/mol. The van der Waals surface area contributed by atoms with E-state index in [2.05, 4.69) is 0 Å². The Morgan fingerprint density at radius 3 is 2.44 bits per heavy atom.